The second-order valence-electron chi connectivity index (χ2n) is 2.91. The van der Waals surface area contributed by atoms with Gasteiger partial charge in [0.2, 0.25) is 0 Å². The molecule has 0 aromatic heterocycles. The predicted octanol–water partition coefficient (Wildman–Crippen LogP) is 1.91. The van der Waals surface area contributed by atoms with Gasteiger partial charge in [0.05, 0.1) is 6.54 Å². The molecule has 0 aromatic carbocycles. The fraction of sp³-hybridized carbons (Fsp3) is 0.600. The van der Waals surface area contributed by atoms with Gasteiger partial charge < -0.3 is 0 Å². The smallest absolute Gasteiger partial charge is 0.0601 e. The third-order valence-corrected chi connectivity index (χ3v) is 1.34. The van der Waals surface area contributed by atoms with Crippen molar-refractivity contribution >= 4 is 0 Å². The van der Waals surface area contributed by atoms with E-state index in [4.69, 9.17) is 0 Å². The van der Waals surface area contributed by atoms with Gasteiger partial charge in [-0.1, -0.05) is 17.6 Å². The molecule has 0 aliphatic rings. The minimum absolute atomic E-state index is 0.861. The van der Waals surface area contributed by atoms with Crippen molar-refractivity contribution in [2.45, 2.75) is 20.8 Å². The van der Waals surface area contributed by atoms with Gasteiger partial charge in [-0.25, -0.2) is 0 Å². The molecule has 0 bridgehead atoms. The van der Waals surface area contributed by atoms with Crippen molar-refractivity contribution in [3.8, 4) is 11.8 Å². The highest BCUT2D eigenvalue weighted by atomic mass is 15.1. The van der Waals surface area contributed by atoms with Crippen LogP contribution in [0.25, 0.3) is 0 Å². The summed E-state index contributed by atoms with van der Waals surface area (Å²) in [6.07, 6.45) is 2.21. The Hall–Kier alpha value is -0.740. The lowest BCUT2D eigenvalue weighted by atomic mass is 10.3. The summed E-state index contributed by atoms with van der Waals surface area (Å²) in [5.74, 6) is 5.89. The van der Waals surface area contributed by atoms with E-state index < -0.39 is 0 Å². The second kappa shape index (κ2) is 6.00. The highest BCUT2D eigenvalue weighted by Crippen LogP contribution is 1.89. The minimum Gasteiger partial charge on any atom is -0.292 e. The van der Waals surface area contributed by atoms with Gasteiger partial charge in [0.15, 0.2) is 0 Å². The van der Waals surface area contributed by atoms with Crippen LogP contribution >= 0.6 is 0 Å². The van der Waals surface area contributed by atoms with Gasteiger partial charge in [0, 0.05) is 6.54 Å². The molecule has 0 unspecified atom stereocenters. The molecular formula is C10H17N. The maximum Gasteiger partial charge on any atom is 0.0601 e. The normalized spacial score (nSPS) is 8.82. The molecule has 0 aromatic rings. The Labute approximate surface area is 70.1 Å². The van der Waals surface area contributed by atoms with Crippen LogP contribution in [0.3, 0.4) is 0 Å². The SMILES string of the molecule is CC#CCN(C)CC=C(C)C. The molecule has 0 N–H and O–H groups in total. The van der Waals surface area contributed by atoms with Crippen molar-refractivity contribution in [1.82, 2.24) is 4.90 Å². The Morgan fingerprint density at radius 3 is 2.55 bits per heavy atom. The zero-order chi connectivity index (χ0) is 8.69. The molecule has 0 amide bonds. The lowest BCUT2D eigenvalue weighted by Gasteiger charge is -2.09. The van der Waals surface area contributed by atoms with Crippen LogP contribution in [-0.2, 0) is 0 Å². The quantitative estimate of drug-likeness (QED) is 0.440. The first-order valence-corrected chi connectivity index (χ1v) is 3.88. The lowest BCUT2D eigenvalue weighted by Crippen LogP contribution is -2.18. The molecule has 0 rings (SSSR count). The van der Waals surface area contributed by atoms with E-state index in [9.17, 15) is 0 Å². The number of allylic oxidation sites excluding steroid dienone is 1. The third-order valence-electron chi connectivity index (χ3n) is 1.34. The molecule has 1 heteroatoms. The third kappa shape index (κ3) is 7.15. The van der Waals surface area contributed by atoms with Gasteiger partial charge >= 0.3 is 0 Å². The van der Waals surface area contributed by atoms with E-state index in [1.807, 2.05) is 6.92 Å². The molecule has 0 saturated carbocycles. The van der Waals surface area contributed by atoms with E-state index in [0.717, 1.165) is 13.1 Å². The van der Waals surface area contributed by atoms with Gasteiger partial charge in [-0.3, -0.25) is 4.90 Å². The van der Waals surface area contributed by atoms with Gasteiger partial charge in [0.1, 0.15) is 0 Å². The topological polar surface area (TPSA) is 3.24 Å². The van der Waals surface area contributed by atoms with Crippen LogP contribution in [0.15, 0.2) is 11.6 Å². The van der Waals surface area contributed by atoms with Crippen LogP contribution in [0.1, 0.15) is 20.8 Å². The number of rotatable bonds is 3. The lowest BCUT2D eigenvalue weighted by molar-refractivity contribution is 0.418. The van der Waals surface area contributed by atoms with Crippen molar-refractivity contribution in [1.29, 1.82) is 0 Å². The number of hydrogen-bond donors (Lipinski definition) is 0. The molecule has 0 fully saturated rings. The molecule has 0 radical (unpaired) electrons. The second-order valence-corrected chi connectivity index (χ2v) is 2.91. The van der Waals surface area contributed by atoms with Crippen molar-refractivity contribution in [2.24, 2.45) is 0 Å². The molecule has 0 spiro atoms. The summed E-state index contributed by atoms with van der Waals surface area (Å²) in [4.78, 5) is 2.18. The summed E-state index contributed by atoms with van der Waals surface area (Å²) in [5, 5.41) is 0. The summed E-state index contributed by atoms with van der Waals surface area (Å²) in [6, 6.07) is 0. The summed E-state index contributed by atoms with van der Waals surface area (Å²) in [6.45, 7) is 7.95. The molecule has 0 heterocycles. The van der Waals surface area contributed by atoms with Gasteiger partial charge in [0.25, 0.3) is 0 Å². The molecular weight excluding hydrogens is 134 g/mol. The summed E-state index contributed by atoms with van der Waals surface area (Å²) in [7, 11) is 2.07. The molecule has 0 saturated heterocycles. The predicted molar refractivity (Wildman–Crippen MR) is 50.4 cm³/mol. The monoisotopic (exact) mass is 151 g/mol. The Morgan fingerprint density at radius 2 is 2.09 bits per heavy atom. The van der Waals surface area contributed by atoms with Gasteiger partial charge in [-0.15, -0.1) is 5.92 Å². The number of nitrogens with zero attached hydrogens (tertiary/aromatic N) is 1. The van der Waals surface area contributed by atoms with E-state index in [1.54, 1.807) is 0 Å². The summed E-state index contributed by atoms with van der Waals surface area (Å²) < 4.78 is 0. The van der Waals surface area contributed by atoms with E-state index >= 15 is 0 Å². The van der Waals surface area contributed by atoms with E-state index in [0.29, 0.717) is 0 Å². The average molecular weight is 151 g/mol. The average Bonchev–Trinajstić information content (AvgIpc) is 1.97. The van der Waals surface area contributed by atoms with E-state index in [2.05, 4.69) is 43.7 Å². The van der Waals surface area contributed by atoms with Crippen LogP contribution < -0.4 is 0 Å². The molecule has 62 valence electrons. The van der Waals surface area contributed by atoms with Crippen LogP contribution in [0, 0.1) is 11.8 Å². The fourth-order valence-electron chi connectivity index (χ4n) is 0.617. The van der Waals surface area contributed by atoms with E-state index in [-0.39, 0.29) is 0 Å². The summed E-state index contributed by atoms with van der Waals surface area (Å²) in [5.41, 5.74) is 1.36. The van der Waals surface area contributed by atoms with Crippen molar-refractivity contribution in [3.05, 3.63) is 11.6 Å². The highest BCUT2D eigenvalue weighted by molar-refractivity contribution is 5.00. The standard InChI is InChI=1S/C10H17N/c1-5-6-8-11(4)9-7-10(2)3/h7H,8-9H2,1-4H3. The highest BCUT2D eigenvalue weighted by Gasteiger charge is 1.89. The van der Waals surface area contributed by atoms with Crippen molar-refractivity contribution in [3.63, 3.8) is 0 Å². The number of hydrogen-bond acceptors (Lipinski definition) is 1. The first-order valence-electron chi connectivity index (χ1n) is 3.88. The van der Waals surface area contributed by atoms with Gasteiger partial charge in [-0.2, -0.15) is 0 Å². The Morgan fingerprint density at radius 1 is 1.45 bits per heavy atom. The molecule has 0 atom stereocenters. The molecule has 11 heavy (non-hydrogen) atoms. The Balaban J connectivity index is 3.58. The zero-order valence-electron chi connectivity index (χ0n) is 7.94. The van der Waals surface area contributed by atoms with Crippen molar-refractivity contribution < 1.29 is 0 Å². The maximum atomic E-state index is 3.02. The Bertz CT molecular complexity index is 177. The first-order chi connectivity index (χ1) is 5.16. The summed E-state index contributed by atoms with van der Waals surface area (Å²) >= 11 is 0. The Kier molecular flexibility index (Phi) is 5.60. The molecule has 0 aliphatic carbocycles. The van der Waals surface area contributed by atoms with Crippen LogP contribution in [-0.4, -0.2) is 25.0 Å². The van der Waals surface area contributed by atoms with Gasteiger partial charge in [-0.05, 0) is 27.8 Å². The van der Waals surface area contributed by atoms with Crippen LogP contribution in [0.5, 0.6) is 0 Å². The van der Waals surface area contributed by atoms with E-state index in [1.165, 1.54) is 5.57 Å². The van der Waals surface area contributed by atoms with Crippen molar-refractivity contribution in [2.75, 3.05) is 20.1 Å². The zero-order valence-corrected chi connectivity index (χ0v) is 7.94. The maximum absolute atomic E-state index is 3.02. The first kappa shape index (κ1) is 10.3. The minimum atomic E-state index is 0.861. The van der Waals surface area contributed by atoms with Crippen LogP contribution in [0.4, 0.5) is 0 Å². The number of likely N-dealkylation sites (N-methyl/N-ethyl adjacent to an activating group) is 1. The fourth-order valence-corrected chi connectivity index (χ4v) is 0.617. The largest absolute Gasteiger partial charge is 0.292 e. The molecule has 0 aliphatic heterocycles. The molecule has 1 nitrogen and oxygen atoms in total. The van der Waals surface area contributed by atoms with Crippen LogP contribution in [0.2, 0.25) is 0 Å².